The maximum atomic E-state index is 12.3. The second kappa shape index (κ2) is 6.73. The van der Waals surface area contributed by atoms with E-state index in [1.807, 2.05) is 17.8 Å². The molecule has 1 amide bonds. The van der Waals surface area contributed by atoms with Crippen LogP contribution in [0.5, 0.6) is 0 Å². The molecule has 0 saturated heterocycles. The van der Waals surface area contributed by atoms with Crippen LogP contribution in [0.3, 0.4) is 0 Å². The maximum Gasteiger partial charge on any atom is 0.255 e. The van der Waals surface area contributed by atoms with Crippen LogP contribution < -0.4 is 5.32 Å². The van der Waals surface area contributed by atoms with E-state index in [9.17, 15) is 4.79 Å². The van der Waals surface area contributed by atoms with Crippen molar-refractivity contribution in [3.05, 3.63) is 29.1 Å². The van der Waals surface area contributed by atoms with E-state index in [0.717, 1.165) is 31.5 Å². The molecule has 0 unspecified atom stereocenters. The van der Waals surface area contributed by atoms with Crippen molar-refractivity contribution in [1.29, 1.82) is 0 Å². The van der Waals surface area contributed by atoms with Crippen molar-refractivity contribution >= 4 is 5.91 Å². The van der Waals surface area contributed by atoms with Crippen molar-refractivity contribution in [2.75, 3.05) is 0 Å². The summed E-state index contributed by atoms with van der Waals surface area (Å²) in [6.45, 7) is 6.93. The predicted molar refractivity (Wildman–Crippen MR) is 80.7 cm³/mol. The fraction of sp³-hybridized carbons (Fsp3) is 0.625. The molecule has 1 aromatic rings. The summed E-state index contributed by atoms with van der Waals surface area (Å²) in [5.41, 5.74) is 2.87. The first-order valence-electron chi connectivity index (χ1n) is 7.65. The SMILES string of the molecule is CCCn1cc(C(=O)N[C@@H](C)C2=CCCCC2)c(C)n1. The van der Waals surface area contributed by atoms with Gasteiger partial charge < -0.3 is 5.32 Å². The Morgan fingerprint density at radius 3 is 2.95 bits per heavy atom. The highest BCUT2D eigenvalue weighted by Gasteiger charge is 2.18. The minimum absolute atomic E-state index is 0.0103. The Hall–Kier alpha value is -1.58. The maximum absolute atomic E-state index is 12.3. The minimum atomic E-state index is -0.0103. The van der Waals surface area contributed by atoms with Crippen LogP contribution in [0.1, 0.15) is 62.0 Å². The molecule has 0 saturated carbocycles. The molecule has 4 heteroatoms. The highest BCUT2D eigenvalue weighted by Crippen LogP contribution is 2.20. The lowest BCUT2D eigenvalue weighted by Crippen LogP contribution is -2.34. The number of allylic oxidation sites excluding steroid dienone is 1. The number of nitrogens with zero attached hydrogens (tertiary/aromatic N) is 2. The largest absolute Gasteiger partial charge is 0.346 e. The zero-order valence-corrected chi connectivity index (χ0v) is 12.8. The van der Waals surface area contributed by atoms with Crippen LogP contribution >= 0.6 is 0 Å². The Morgan fingerprint density at radius 2 is 2.30 bits per heavy atom. The molecule has 1 heterocycles. The van der Waals surface area contributed by atoms with Gasteiger partial charge in [0.2, 0.25) is 0 Å². The van der Waals surface area contributed by atoms with Gasteiger partial charge in [-0.15, -0.1) is 0 Å². The van der Waals surface area contributed by atoms with E-state index in [2.05, 4.69) is 30.3 Å². The summed E-state index contributed by atoms with van der Waals surface area (Å²) in [6.07, 6.45) is 9.91. The Labute approximate surface area is 121 Å². The van der Waals surface area contributed by atoms with Crippen LogP contribution in [-0.2, 0) is 6.54 Å². The van der Waals surface area contributed by atoms with Crippen LogP contribution in [0.2, 0.25) is 0 Å². The smallest absolute Gasteiger partial charge is 0.255 e. The molecule has 110 valence electrons. The highest BCUT2D eigenvalue weighted by molar-refractivity contribution is 5.95. The van der Waals surface area contributed by atoms with Gasteiger partial charge in [-0.3, -0.25) is 9.48 Å². The van der Waals surface area contributed by atoms with Crippen LogP contribution in [0, 0.1) is 6.92 Å². The molecule has 1 aliphatic carbocycles. The van der Waals surface area contributed by atoms with Gasteiger partial charge in [0.25, 0.3) is 5.91 Å². The molecule has 0 spiro atoms. The number of amides is 1. The first-order chi connectivity index (χ1) is 9.61. The third kappa shape index (κ3) is 3.50. The van der Waals surface area contributed by atoms with E-state index in [4.69, 9.17) is 0 Å². The van der Waals surface area contributed by atoms with Gasteiger partial charge in [-0.05, 0) is 46.0 Å². The fourth-order valence-electron chi connectivity index (χ4n) is 2.71. The molecular formula is C16H25N3O. The van der Waals surface area contributed by atoms with E-state index in [0.29, 0.717) is 5.56 Å². The van der Waals surface area contributed by atoms with Crippen LogP contribution in [0.25, 0.3) is 0 Å². The molecular weight excluding hydrogens is 250 g/mol. The number of carbonyl (C=O) groups excluding carboxylic acids is 1. The number of carbonyl (C=O) groups is 1. The molecule has 0 bridgehead atoms. The zero-order chi connectivity index (χ0) is 14.5. The monoisotopic (exact) mass is 275 g/mol. The molecule has 1 atom stereocenters. The summed E-state index contributed by atoms with van der Waals surface area (Å²) in [6, 6.07) is 0.122. The van der Waals surface area contributed by atoms with Crippen molar-refractivity contribution < 1.29 is 4.79 Å². The van der Waals surface area contributed by atoms with Crippen molar-refractivity contribution in [2.24, 2.45) is 0 Å². The number of hydrogen-bond acceptors (Lipinski definition) is 2. The fourth-order valence-corrected chi connectivity index (χ4v) is 2.71. The normalized spacial score (nSPS) is 16.6. The molecule has 0 fully saturated rings. The third-order valence-corrected chi connectivity index (χ3v) is 3.87. The Kier molecular flexibility index (Phi) is 4.99. The Bertz CT molecular complexity index is 502. The number of hydrogen-bond donors (Lipinski definition) is 1. The quantitative estimate of drug-likeness (QED) is 0.839. The second-order valence-electron chi connectivity index (χ2n) is 5.61. The van der Waals surface area contributed by atoms with E-state index in [1.165, 1.54) is 18.4 Å². The van der Waals surface area contributed by atoms with Crippen LogP contribution in [0.15, 0.2) is 17.8 Å². The minimum Gasteiger partial charge on any atom is -0.346 e. The van der Waals surface area contributed by atoms with Gasteiger partial charge in [0.15, 0.2) is 0 Å². The topological polar surface area (TPSA) is 46.9 Å². The first-order valence-corrected chi connectivity index (χ1v) is 7.65. The van der Waals surface area contributed by atoms with Gasteiger partial charge >= 0.3 is 0 Å². The van der Waals surface area contributed by atoms with Crippen molar-refractivity contribution in [1.82, 2.24) is 15.1 Å². The lowest BCUT2D eigenvalue weighted by Gasteiger charge is -2.20. The number of aryl methyl sites for hydroxylation is 2. The highest BCUT2D eigenvalue weighted by atomic mass is 16.1. The summed E-state index contributed by atoms with van der Waals surface area (Å²) in [4.78, 5) is 12.3. The van der Waals surface area contributed by atoms with Gasteiger partial charge in [-0.2, -0.15) is 5.10 Å². The average Bonchev–Trinajstić information content (AvgIpc) is 2.81. The predicted octanol–water partition coefficient (Wildman–Crippen LogP) is 3.22. The molecule has 0 radical (unpaired) electrons. The lowest BCUT2D eigenvalue weighted by molar-refractivity contribution is 0.0944. The molecule has 20 heavy (non-hydrogen) atoms. The molecule has 1 aromatic heterocycles. The molecule has 0 aliphatic heterocycles. The summed E-state index contributed by atoms with van der Waals surface area (Å²) < 4.78 is 1.86. The van der Waals surface area contributed by atoms with Crippen LogP contribution in [-0.4, -0.2) is 21.7 Å². The Morgan fingerprint density at radius 1 is 1.50 bits per heavy atom. The molecule has 2 rings (SSSR count). The molecule has 1 N–H and O–H groups in total. The van der Waals surface area contributed by atoms with E-state index in [1.54, 1.807) is 0 Å². The first kappa shape index (κ1) is 14.8. The summed E-state index contributed by atoms with van der Waals surface area (Å²) in [7, 11) is 0. The van der Waals surface area contributed by atoms with Gasteiger partial charge in [0, 0.05) is 18.8 Å². The standard InChI is InChI=1S/C16H25N3O/c1-4-10-19-11-15(13(3)18-19)16(20)17-12(2)14-8-6-5-7-9-14/h8,11-12H,4-7,9-10H2,1-3H3,(H,17,20)/t12-/m0/s1. The van der Waals surface area contributed by atoms with Gasteiger partial charge in [0.05, 0.1) is 11.3 Å². The summed E-state index contributed by atoms with van der Waals surface area (Å²) in [5.74, 6) is -0.0103. The van der Waals surface area contributed by atoms with E-state index in [-0.39, 0.29) is 11.9 Å². The van der Waals surface area contributed by atoms with E-state index >= 15 is 0 Å². The van der Waals surface area contributed by atoms with Crippen LogP contribution in [0.4, 0.5) is 0 Å². The number of nitrogens with one attached hydrogen (secondary N) is 1. The van der Waals surface area contributed by atoms with Gasteiger partial charge in [-0.25, -0.2) is 0 Å². The molecule has 0 aromatic carbocycles. The zero-order valence-electron chi connectivity index (χ0n) is 12.8. The lowest BCUT2D eigenvalue weighted by atomic mass is 9.94. The Balaban J connectivity index is 2.02. The molecule has 1 aliphatic rings. The number of rotatable bonds is 5. The third-order valence-electron chi connectivity index (χ3n) is 3.87. The summed E-state index contributed by atoms with van der Waals surface area (Å²) >= 11 is 0. The molecule has 4 nitrogen and oxygen atoms in total. The average molecular weight is 275 g/mol. The van der Waals surface area contributed by atoms with Crippen molar-refractivity contribution in [2.45, 2.75) is 65.5 Å². The van der Waals surface area contributed by atoms with Crippen molar-refractivity contribution in [3.8, 4) is 0 Å². The van der Waals surface area contributed by atoms with Gasteiger partial charge in [-0.1, -0.05) is 18.6 Å². The summed E-state index contributed by atoms with van der Waals surface area (Å²) in [5, 5.41) is 7.48. The van der Waals surface area contributed by atoms with Gasteiger partial charge in [0.1, 0.15) is 0 Å². The van der Waals surface area contributed by atoms with Crippen molar-refractivity contribution in [3.63, 3.8) is 0 Å². The number of aromatic nitrogens is 2. The second-order valence-corrected chi connectivity index (χ2v) is 5.61. The van der Waals surface area contributed by atoms with E-state index < -0.39 is 0 Å².